The third kappa shape index (κ3) is 5.02. The number of amidine groups is 1. The van der Waals surface area contributed by atoms with Crippen LogP contribution in [0.5, 0.6) is 0 Å². The lowest BCUT2D eigenvalue weighted by Gasteiger charge is -2.36. The van der Waals surface area contributed by atoms with Crippen LogP contribution in [0, 0.1) is 5.41 Å². The van der Waals surface area contributed by atoms with Gasteiger partial charge in [-0.3, -0.25) is 4.79 Å². The molecule has 1 fully saturated rings. The van der Waals surface area contributed by atoms with Gasteiger partial charge in [-0.2, -0.15) is 0 Å². The fraction of sp³-hybridized carbons (Fsp3) is 0.867. The van der Waals surface area contributed by atoms with Gasteiger partial charge < -0.3 is 16.3 Å². The molecular weight excluding hydrogens is 254 g/mol. The summed E-state index contributed by atoms with van der Waals surface area (Å²) in [5.74, 6) is 0.117. The molecule has 0 heterocycles. The Morgan fingerprint density at radius 3 is 2.15 bits per heavy atom. The molecule has 0 bridgehead atoms. The molecule has 0 aromatic carbocycles. The van der Waals surface area contributed by atoms with Crippen molar-refractivity contribution in [3.8, 4) is 0 Å². The highest BCUT2D eigenvalue weighted by Crippen LogP contribution is 2.28. The van der Waals surface area contributed by atoms with Gasteiger partial charge >= 0.3 is 0 Å². The first-order chi connectivity index (χ1) is 9.29. The van der Waals surface area contributed by atoms with Crippen LogP contribution in [0.4, 0.5) is 0 Å². The average Bonchev–Trinajstić information content (AvgIpc) is 2.29. The molecule has 0 aromatic heterocycles. The average molecular weight is 283 g/mol. The second-order valence-electron chi connectivity index (χ2n) is 7.12. The normalized spacial score (nSPS) is 20.9. The van der Waals surface area contributed by atoms with E-state index in [4.69, 9.17) is 10.9 Å². The van der Waals surface area contributed by atoms with Crippen molar-refractivity contribution in [3.63, 3.8) is 0 Å². The minimum Gasteiger partial charge on any atom is -0.409 e. The predicted molar refractivity (Wildman–Crippen MR) is 80.7 cm³/mol. The van der Waals surface area contributed by atoms with E-state index in [2.05, 4.69) is 10.5 Å². The number of nitrogens with two attached hydrogens (primary N) is 1. The van der Waals surface area contributed by atoms with Gasteiger partial charge in [-0.25, -0.2) is 0 Å². The molecule has 1 amide bonds. The van der Waals surface area contributed by atoms with Crippen LogP contribution < -0.4 is 11.1 Å². The Kier molecular flexibility index (Phi) is 5.84. The molecule has 0 atom stereocenters. The van der Waals surface area contributed by atoms with Crippen molar-refractivity contribution in [3.05, 3.63) is 0 Å². The van der Waals surface area contributed by atoms with E-state index in [1.54, 1.807) is 0 Å². The Morgan fingerprint density at radius 1 is 1.20 bits per heavy atom. The highest BCUT2D eigenvalue weighted by molar-refractivity contribution is 5.94. The minimum atomic E-state index is -0.669. The fourth-order valence-electron chi connectivity index (χ4n) is 2.84. The van der Waals surface area contributed by atoms with E-state index in [-0.39, 0.29) is 17.2 Å². The van der Waals surface area contributed by atoms with Gasteiger partial charge in [-0.1, -0.05) is 58.0 Å². The summed E-state index contributed by atoms with van der Waals surface area (Å²) in [5.41, 5.74) is 5.16. The van der Waals surface area contributed by atoms with Gasteiger partial charge in [-0.15, -0.1) is 0 Å². The van der Waals surface area contributed by atoms with Crippen LogP contribution in [0.2, 0.25) is 0 Å². The molecule has 1 aliphatic carbocycles. The Bertz CT molecular complexity index is 351. The molecule has 0 aromatic rings. The lowest BCUT2D eigenvalue weighted by atomic mass is 9.82. The van der Waals surface area contributed by atoms with E-state index in [1.165, 1.54) is 6.42 Å². The van der Waals surface area contributed by atoms with Crippen LogP contribution in [0.25, 0.3) is 0 Å². The molecule has 1 aliphatic rings. The van der Waals surface area contributed by atoms with Gasteiger partial charge in [-0.05, 0) is 18.3 Å². The number of hydrogen-bond donors (Lipinski definition) is 3. The van der Waals surface area contributed by atoms with Crippen molar-refractivity contribution in [2.45, 2.75) is 77.7 Å². The molecule has 1 rings (SSSR count). The maximum absolute atomic E-state index is 12.2. The first-order valence-electron chi connectivity index (χ1n) is 7.58. The lowest BCUT2D eigenvalue weighted by molar-refractivity contribution is -0.124. The molecule has 5 nitrogen and oxygen atoms in total. The number of amides is 1. The third-order valence-corrected chi connectivity index (χ3v) is 3.87. The molecule has 4 N–H and O–H groups in total. The van der Waals surface area contributed by atoms with Gasteiger partial charge in [0, 0.05) is 6.42 Å². The van der Waals surface area contributed by atoms with Crippen LogP contribution in [-0.2, 0) is 4.79 Å². The van der Waals surface area contributed by atoms with Crippen LogP contribution in [0.3, 0.4) is 0 Å². The maximum Gasteiger partial charge on any atom is 0.221 e. The molecule has 0 spiro atoms. The quantitative estimate of drug-likeness (QED) is 0.322. The zero-order valence-electron chi connectivity index (χ0n) is 13.0. The Morgan fingerprint density at radius 2 is 1.70 bits per heavy atom. The SMILES string of the molecule is CC(C)(C)CC(=O)NC1(/C(N)=N/O)CCCCCCC1. The molecule has 116 valence electrons. The summed E-state index contributed by atoms with van der Waals surface area (Å²) in [7, 11) is 0. The molecule has 0 aliphatic heterocycles. The van der Waals surface area contributed by atoms with Crippen molar-refractivity contribution < 1.29 is 10.0 Å². The van der Waals surface area contributed by atoms with E-state index in [1.807, 2.05) is 20.8 Å². The first-order valence-corrected chi connectivity index (χ1v) is 7.58. The molecule has 0 radical (unpaired) electrons. The molecule has 0 saturated heterocycles. The van der Waals surface area contributed by atoms with Crippen molar-refractivity contribution in [1.29, 1.82) is 0 Å². The van der Waals surface area contributed by atoms with E-state index in [0.717, 1.165) is 38.5 Å². The number of carbonyl (C=O) groups is 1. The Balaban J connectivity index is 2.84. The number of rotatable bonds is 3. The van der Waals surface area contributed by atoms with Crippen molar-refractivity contribution in [2.24, 2.45) is 16.3 Å². The van der Waals surface area contributed by atoms with Gasteiger partial charge in [0.1, 0.15) is 5.54 Å². The molecule has 0 unspecified atom stereocenters. The number of oxime groups is 1. The summed E-state index contributed by atoms with van der Waals surface area (Å²) < 4.78 is 0. The number of hydrogen-bond acceptors (Lipinski definition) is 3. The Labute approximate surface area is 122 Å². The molecule has 5 heteroatoms. The zero-order valence-corrected chi connectivity index (χ0v) is 13.0. The highest BCUT2D eigenvalue weighted by atomic mass is 16.4. The number of carbonyl (C=O) groups excluding carboxylic acids is 1. The molecule has 20 heavy (non-hydrogen) atoms. The first kappa shape index (κ1) is 16.8. The summed E-state index contributed by atoms with van der Waals surface area (Å²) in [6.07, 6.45) is 7.41. The van der Waals surface area contributed by atoms with Crippen molar-refractivity contribution >= 4 is 11.7 Å². The molecular formula is C15H29N3O2. The Hall–Kier alpha value is -1.26. The zero-order chi connectivity index (χ0) is 15.2. The van der Waals surface area contributed by atoms with E-state index < -0.39 is 5.54 Å². The molecule has 1 saturated carbocycles. The summed E-state index contributed by atoms with van der Waals surface area (Å²) in [6, 6.07) is 0. The summed E-state index contributed by atoms with van der Waals surface area (Å²) in [4.78, 5) is 12.2. The highest BCUT2D eigenvalue weighted by Gasteiger charge is 2.37. The number of nitrogens with zero attached hydrogens (tertiary/aromatic N) is 1. The standard InChI is InChI=1S/C15H29N3O2/c1-14(2,3)11-12(19)17-15(13(16)18-20)9-7-5-4-6-8-10-15/h20H,4-11H2,1-3H3,(H2,16,18)(H,17,19). The van der Waals surface area contributed by atoms with E-state index in [0.29, 0.717) is 6.42 Å². The van der Waals surface area contributed by atoms with E-state index in [9.17, 15) is 4.79 Å². The predicted octanol–water partition coefficient (Wildman–Crippen LogP) is 2.77. The van der Waals surface area contributed by atoms with Gasteiger partial charge in [0.15, 0.2) is 5.84 Å². The van der Waals surface area contributed by atoms with E-state index >= 15 is 0 Å². The third-order valence-electron chi connectivity index (χ3n) is 3.87. The van der Waals surface area contributed by atoms with Crippen LogP contribution in [0.15, 0.2) is 5.16 Å². The summed E-state index contributed by atoms with van der Waals surface area (Å²) >= 11 is 0. The maximum atomic E-state index is 12.2. The second-order valence-corrected chi connectivity index (χ2v) is 7.12. The summed E-state index contributed by atoms with van der Waals surface area (Å²) in [6.45, 7) is 6.09. The van der Waals surface area contributed by atoms with Crippen molar-refractivity contribution in [1.82, 2.24) is 5.32 Å². The minimum absolute atomic E-state index is 0.0235. The second kappa shape index (κ2) is 6.95. The van der Waals surface area contributed by atoms with Gasteiger partial charge in [0.05, 0.1) is 0 Å². The van der Waals surface area contributed by atoms with Gasteiger partial charge in [0.2, 0.25) is 5.91 Å². The summed E-state index contributed by atoms with van der Waals surface area (Å²) in [5, 5.41) is 15.3. The monoisotopic (exact) mass is 283 g/mol. The number of nitrogens with one attached hydrogen (secondary N) is 1. The van der Waals surface area contributed by atoms with Crippen molar-refractivity contribution in [2.75, 3.05) is 0 Å². The topological polar surface area (TPSA) is 87.7 Å². The van der Waals surface area contributed by atoms with Crippen LogP contribution in [-0.4, -0.2) is 22.5 Å². The largest absolute Gasteiger partial charge is 0.409 e. The lowest BCUT2D eigenvalue weighted by Crippen LogP contribution is -2.58. The van der Waals surface area contributed by atoms with Gasteiger partial charge in [0.25, 0.3) is 0 Å². The fourth-order valence-corrected chi connectivity index (χ4v) is 2.84. The van der Waals surface area contributed by atoms with Crippen LogP contribution in [0.1, 0.15) is 72.1 Å². The van der Waals surface area contributed by atoms with Crippen LogP contribution >= 0.6 is 0 Å². The smallest absolute Gasteiger partial charge is 0.221 e.